The number of carbonyl (C=O) groups excluding carboxylic acids is 2. The van der Waals surface area contributed by atoms with E-state index in [1.54, 1.807) is 0 Å². The molecule has 0 fully saturated rings. The summed E-state index contributed by atoms with van der Waals surface area (Å²) in [4.78, 5) is 33.3. The van der Waals surface area contributed by atoms with Gasteiger partial charge in [-0.25, -0.2) is 4.79 Å². The number of nitrogens with two attached hydrogens (primary N) is 4. The van der Waals surface area contributed by atoms with Gasteiger partial charge in [-0.2, -0.15) is 0 Å². The molecule has 116 valence electrons. The zero-order valence-electron chi connectivity index (χ0n) is 11.2. The fourth-order valence-electron chi connectivity index (χ4n) is 1.52. The smallest absolute Gasteiger partial charge is 0.326 e. The van der Waals surface area contributed by atoms with Crippen molar-refractivity contribution in [2.45, 2.75) is 50.4 Å². The summed E-state index contributed by atoms with van der Waals surface area (Å²) in [5.74, 6) is -2.36. The predicted octanol–water partition coefficient (Wildman–Crippen LogP) is -2.44. The summed E-state index contributed by atoms with van der Waals surface area (Å²) in [6, 6.07) is -2.03. The van der Waals surface area contributed by atoms with E-state index in [-0.39, 0.29) is 19.3 Å². The Balaban J connectivity index is 4.25. The van der Waals surface area contributed by atoms with Gasteiger partial charge in [-0.1, -0.05) is 0 Å². The predicted molar refractivity (Wildman–Crippen MR) is 72.0 cm³/mol. The molecule has 0 spiro atoms. The molecule has 20 heavy (non-hydrogen) atoms. The van der Waals surface area contributed by atoms with Crippen LogP contribution in [0.2, 0.25) is 0 Å². The van der Waals surface area contributed by atoms with Crippen LogP contribution < -0.4 is 28.3 Å². The Hall–Kier alpha value is -1.71. The van der Waals surface area contributed by atoms with Crippen LogP contribution in [0.3, 0.4) is 0 Å². The lowest BCUT2D eigenvalue weighted by Crippen LogP contribution is -2.48. The summed E-state index contributed by atoms with van der Waals surface area (Å²) >= 11 is 0. The first-order valence-electron chi connectivity index (χ1n) is 6.32. The first-order valence-corrected chi connectivity index (χ1v) is 6.32. The van der Waals surface area contributed by atoms with Crippen molar-refractivity contribution < 1.29 is 19.5 Å². The molecule has 0 saturated heterocycles. The van der Waals surface area contributed by atoms with Crippen LogP contribution in [0.4, 0.5) is 0 Å². The molecule has 0 aromatic heterocycles. The van der Waals surface area contributed by atoms with E-state index in [2.05, 4.69) is 5.32 Å². The Morgan fingerprint density at radius 1 is 1.05 bits per heavy atom. The third-order valence-corrected chi connectivity index (χ3v) is 2.68. The van der Waals surface area contributed by atoms with E-state index in [4.69, 9.17) is 28.0 Å². The molecule has 2 atom stereocenters. The lowest BCUT2D eigenvalue weighted by Gasteiger charge is -2.18. The summed E-state index contributed by atoms with van der Waals surface area (Å²) in [5, 5.41) is 11.3. The van der Waals surface area contributed by atoms with E-state index >= 15 is 0 Å². The van der Waals surface area contributed by atoms with E-state index in [0.717, 1.165) is 0 Å². The average molecular weight is 289 g/mol. The van der Waals surface area contributed by atoms with Crippen molar-refractivity contribution in [3.63, 3.8) is 0 Å². The van der Waals surface area contributed by atoms with Gasteiger partial charge in [0.15, 0.2) is 0 Å². The molecule has 0 aromatic carbocycles. The molecule has 0 rings (SSSR count). The fraction of sp³-hybridized carbons (Fsp3) is 0.727. The maximum atomic E-state index is 11.7. The molecule has 0 radical (unpaired) electrons. The van der Waals surface area contributed by atoms with Gasteiger partial charge in [0.2, 0.25) is 11.8 Å². The van der Waals surface area contributed by atoms with Crippen LogP contribution in [0.1, 0.15) is 32.1 Å². The van der Waals surface area contributed by atoms with Gasteiger partial charge in [0.1, 0.15) is 6.04 Å². The second kappa shape index (κ2) is 9.23. The van der Waals surface area contributed by atoms with Crippen LogP contribution in [0.25, 0.3) is 0 Å². The van der Waals surface area contributed by atoms with E-state index in [1.807, 2.05) is 0 Å². The Kier molecular flexibility index (Phi) is 8.45. The number of aliphatic carboxylic acids is 1. The fourth-order valence-corrected chi connectivity index (χ4v) is 1.52. The van der Waals surface area contributed by atoms with Gasteiger partial charge >= 0.3 is 5.97 Å². The highest BCUT2D eigenvalue weighted by atomic mass is 16.4. The molecule has 0 aliphatic heterocycles. The van der Waals surface area contributed by atoms with E-state index in [9.17, 15) is 14.4 Å². The molecule has 9 nitrogen and oxygen atoms in total. The van der Waals surface area contributed by atoms with Gasteiger partial charge in [0.05, 0.1) is 12.2 Å². The number of primary amides is 1. The normalized spacial score (nSPS) is 13.8. The molecule has 0 bridgehead atoms. The SMILES string of the molecule is NC(=O)CC[C@H](N)C(=O)N[C@@H](CCCC(N)N)C(=O)O. The van der Waals surface area contributed by atoms with Crippen LogP contribution >= 0.6 is 0 Å². The van der Waals surface area contributed by atoms with E-state index in [1.165, 1.54) is 0 Å². The summed E-state index contributed by atoms with van der Waals surface area (Å²) in [5.41, 5.74) is 21.2. The van der Waals surface area contributed by atoms with Gasteiger partial charge in [0.25, 0.3) is 0 Å². The minimum atomic E-state index is -1.16. The monoisotopic (exact) mass is 289 g/mol. The highest BCUT2D eigenvalue weighted by Crippen LogP contribution is 2.03. The van der Waals surface area contributed by atoms with Crippen LogP contribution in [-0.4, -0.2) is 41.1 Å². The maximum absolute atomic E-state index is 11.7. The van der Waals surface area contributed by atoms with Gasteiger partial charge in [0, 0.05) is 6.42 Å². The molecular formula is C11H23N5O4. The second-order valence-corrected chi connectivity index (χ2v) is 4.61. The molecular weight excluding hydrogens is 266 g/mol. The van der Waals surface area contributed by atoms with Crippen molar-refractivity contribution in [3.05, 3.63) is 0 Å². The topological polar surface area (TPSA) is 188 Å². The average Bonchev–Trinajstić information content (AvgIpc) is 2.33. The zero-order chi connectivity index (χ0) is 15.7. The van der Waals surface area contributed by atoms with Crippen LogP contribution in [0.15, 0.2) is 0 Å². The van der Waals surface area contributed by atoms with Gasteiger partial charge < -0.3 is 33.4 Å². The van der Waals surface area contributed by atoms with Crippen molar-refractivity contribution in [3.8, 4) is 0 Å². The first kappa shape index (κ1) is 18.3. The van der Waals surface area contributed by atoms with E-state index < -0.39 is 36.0 Å². The van der Waals surface area contributed by atoms with Gasteiger partial charge in [-0.05, 0) is 25.7 Å². The molecule has 0 aromatic rings. The van der Waals surface area contributed by atoms with Crippen LogP contribution in [0, 0.1) is 0 Å². The summed E-state index contributed by atoms with van der Waals surface area (Å²) < 4.78 is 0. The Morgan fingerprint density at radius 2 is 1.65 bits per heavy atom. The number of nitrogens with one attached hydrogen (secondary N) is 1. The van der Waals surface area contributed by atoms with Crippen LogP contribution in [0.5, 0.6) is 0 Å². The van der Waals surface area contributed by atoms with Crippen molar-refractivity contribution in [1.29, 1.82) is 0 Å². The van der Waals surface area contributed by atoms with Gasteiger partial charge in [-0.3, -0.25) is 9.59 Å². The standard InChI is InChI=1S/C11H23N5O4/c12-6(4-5-9(15)17)10(18)16-7(11(19)20)2-1-3-8(13)14/h6-8H,1-5,12-14H2,(H2,15,17)(H,16,18)(H,19,20)/t6-,7-/m0/s1. The number of rotatable bonds is 10. The van der Waals surface area contributed by atoms with Gasteiger partial charge in [-0.15, -0.1) is 0 Å². The molecule has 0 saturated carbocycles. The third-order valence-electron chi connectivity index (χ3n) is 2.68. The Labute approximate surface area is 117 Å². The highest BCUT2D eigenvalue weighted by Gasteiger charge is 2.23. The number of carboxylic acids is 1. The molecule has 10 N–H and O–H groups in total. The third kappa shape index (κ3) is 8.40. The van der Waals surface area contributed by atoms with Crippen LogP contribution in [-0.2, 0) is 14.4 Å². The lowest BCUT2D eigenvalue weighted by molar-refractivity contribution is -0.142. The molecule has 0 aliphatic rings. The number of carboxylic acid groups (broad SMARTS) is 1. The minimum Gasteiger partial charge on any atom is -0.480 e. The molecule has 0 aliphatic carbocycles. The number of carbonyl (C=O) groups is 3. The minimum absolute atomic E-state index is 0.0334. The first-order chi connectivity index (χ1) is 9.23. The number of amides is 2. The second-order valence-electron chi connectivity index (χ2n) is 4.61. The van der Waals surface area contributed by atoms with E-state index in [0.29, 0.717) is 12.8 Å². The summed E-state index contributed by atoms with van der Waals surface area (Å²) in [7, 11) is 0. The molecule has 2 amide bonds. The van der Waals surface area contributed by atoms with Crippen molar-refractivity contribution >= 4 is 17.8 Å². The van der Waals surface area contributed by atoms with Crippen molar-refractivity contribution in [2.24, 2.45) is 22.9 Å². The molecule has 0 unspecified atom stereocenters. The summed E-state index contributed by atoms with van der Waals surface area (Å²) in [6.45, 7) is 0. The Bertz CT molecular complexity index is 348. The molecule has 0 heterocycles. The Morgan fingerprint density at radius 3 is 2.10 bits per heavy atom. The van der Waals surface area contributed by atoms with Crippen molar-refractivity contribution in [1.82, 2.24) is 5.32 Å². The largest absolute Gasteiger partial charge is 0.480 e. The number of hydrogen-bond acceptors (Lipinski definition) is 6. The lowest BCUT2D eigenvalue weighted by atomic mass is 10.1. The van der Waals surface area contributed by atoms with Crippen molar-refractivity contribution in [2.75, 3.05) is 0 Å². The molecule has 9 heteroatoms. The zero-order valence-corrected chi connectivity index (χ0v) is 11.2. The quantitative estimate of drug-likeness (QED) is 0.241. The number of hydrogen-bond donors (Lipinski definition) is 6. The highest BCUT2D eigenvalue weighted by molar-refractivity contribution is 5.87. The maximum Gasteiger partial charge on any atom is 0.326 e. The summed E-state index contributed by atoms with van der Waals surface area (Å²) in [6.07, 6.45) is 0.640.